The van der Waals surface area contributed by atoms with E-state index in [4.69, 9.17) is 12.8 Å². The van der Waals surface area contributed by atoms with Crippen molar-refractivity contribution in [3.05, 3.63) is 0 Å². The van der Waals surface area contributed by atoms with Gasteiger partial charge < -0.3 is 0 Å². The molecule has 0 atom stereocenters. The summed E-state index contributed by atoms with van der Waals surface area (Å²) in [6.07, 6.45) is 14.7. The molecule has 0 fully saturated rings. The van der Waals surface area contributed by atoms with E-state index in [1.807, 2.05) is 0 Å². The second kappa shape index (κ2) is 12.2. The van der Waals surface area contributed by atoms with Crippen LogP contribution >= 0.6 is 0 Å². The molecule has 0 aromatic heterocycles. The van der Waals surface area contributed by atoms with Crippen LogP contribution in [0.3, 0.4) is 0 Å². The van der Waals surface area contributed by atoms with E-state index < -0.39 is 0 Å². The Kier molecular flexibility index (Phi) is 12.3. The normalized spacial score (nSPS) is 9.08. The first-order chi connectivity index (χ1) is 6.41. The maximum absolute atomic E-state index is 5.17. The minimum absolute atomic E-state index is 0.854. The van der Waals surface area contributed by atoms with Crippen molar-refractivity contribution < 1.29 is 0 Å². The van der Waals surface area contributed by atoms with Crippen molar-refractivity contribution in [3.8, 4) is 24.7 Å². The van der Waals surface area contributed by atoms with Crippen LogP contribution in [0.1, 0.15) is 25.7 Å². The summed E-state index contributed by atoms with van der Waals surface area (Å²) in [4.78, 5) is 0. The molecule has 72 valence electrons. The van der Waals surface area contributed by atoms with Gasteiger partial charge in [0.05, 0.1) is 0 Å². The first-order valence-corrected chi connectivity index (χ1v) is 9.28. The molecule has 0 aliphatic rings. The molecule has 0 aliphatic carbocycles. The van der Waals surface area contributed by atoms with Crippen molar-refractivity contribution in [1.29, 1.82) is 0 Å². The van der Waals surface area contributed by atoms with E-state index >= 15 is 0 Å². The van der Waals surface area contributed by atoms with Crippen LogP contribution in [0.5, 0.6) is 0 Å². The van der Waals surface area contributed by atoms with Crippen LogP contribution in [0.2, 0.25) is 14.9 Å². The molecule has 0 spiro atoms. The molecule has 0 aromatic carbocycles. The van der Waals surface area contributed by atoms with Crippen molar-refractivity contribution in [2.75, 3.05) is 0 Å². The number of terminal acetylenes is 2. The number of unbranched alkanes of at least 4 members (excludes halogenated alkanes) is 2. The Labute approximate surface area is 94.9 Å². The monoisotopic (exact) mass is 308 g/mol. The summed E-state index contributed by atoms with van der Waals surface area (Å²) in [7, 11) is 0. The molecule has 0 heterocycles. The Morgan fingerprint density at radius 1 is 0.846 bits per heavy atom. The molecular weight excluding hydrogens is 290 g/mol. The van der Waals surface area contributed by atoms with Gasteiger partial charge in [-0.15, -0.1) is 0 Å². The Hall–Kier alpha value is 0.159. The Bertz CT molecular complexity index is 154. The molecule has 0 rings (SSSR count). The van der Waals surface area contributed by atoms with Gasteiger partial charge in [-0.2, -0.15) is 0 Å². The molecule has 0 amide bonds. The van der Waals surface area contributed by atoms with Crippen LogP contribution < -0.4 is 0 Å². The van der Waals surface area contributed by atoms with E-state index in [9.17, 15) is 0 Å². The zero-order chi connectivity index (χ0) is 9.78. The Morgan fingerprint density at radius 3 is 1.69 bits per heavy atom. The number of hydrogen-bond acceptors (Lipinski definition) is 0. The molecule has 0 nitrogen and oxygen atoms in total. The van der Waals surface area contributed by atoms with Crippen LogP contribution in [0, 0.1) is 24.7 Å². The summed E-state index contributed by atoms with van der Waals surface area (Å²) in [6.45, 7) is 0. The van der Waals surface area contributed by atoms with Crippen molar-refractivity contribution in [2.24, 2.45) is 0 Å². The molecule has 0 aromatic rings. The van der Waals surface area contributed by atoms with Crippen molar-refractivity contribution >= 4 is 29.9 Å². The second-order valence-corrected chi connectivity index (χ2v) is 9.04. The van der Waals surface area contributed by atoms with Gasteiger partial charge in [-0.05, 0) is 0 Å². The van der Waals surface area contributed by atoms with E-state index in [-0.39, 0.29) is 0 Å². The van der Waals surface area contributed by atoms with Crippen LogP contribution in [-0.4, -0.2) is 29.9 Å². The van der Waals surface area contributed by atoms with Gasteiger partial charge in [-0.25, -0.2) is 0 Å². The fourth-order valence-electron chi connectivity index (χ4n) is 0.729. The molecular formula is C11H16Se2. The summed E-state index contributed by atoms with van der Waals surface area (Å²) in [6, 6.07) is 0. The molecule has 0 aliphatic heterocycles. The van der Waals surface area contributed by atoms with Gasteiger partial charge in [0.25, 0.3) is 0 Å². The number of rotatable bonds is 8. The first kappa shape index (κ1) is 13.2. The quantitative estimate of drug-likeness (QED) is 0.367. The fourth-order valence-corrected chi connectivity index (χ4v) is 6.79. The number of hydrogen-bond donors (Lipinski definition) is 0. The van der Waals surface area contributed by atoms with Gasteiger partial charge >= 0.3 is 95.1 Å². The average Bonchev–Trinajstić information content (AvgIpc) is 2.16. The standard InChI is InChI=1S/C11H16Se2/c1-3-5-7-9-12-11-13-10-8-6-4-2/h1-2H,5-11H2. The molecule has 0 N–H and O–H groups in total. The Morgan fingerprint density at radius 2 is 1.31 bits per heavy atom. The van der Waals surface area contributed by atoms with Crippen molar-refractivity contribution in [1.82, 2.24) is 0 Å². The van der Waals surface area contributed by atoms with Crippen LogP contribution in [-0.2, 0) is 0 Å². The summed E-state index contributed by atoms with van der Waals surface area (Å²) >= 11 is 1.71. The third kappa shape index (κ3) is 12.2. The molecule has 0 saturated heterocycles. The van der Waals surface area contributed by atoms with Gasteiger partial charge in [-0.3, -0.25) is 0 Å². The molecule has 0 radical (unpaired) electrons. The molecule has 13 heavy (non-hydrogen) atoms. The second-order valence-electron chi connectivity index (χ2n) is 2.55. The zero-order valence-corrected chi connectivity index (χ0v) is 11.3. The summed E-state index contributed by atoms with van der Waals surface area (Å²) in [5, 5.41) is 2.74. The predicted molar refractivity (Wildman–Crippen MR) is 62.1 cm³/mol. The van der Waals surface area contributed by atoms with Gasteiger partial charge in [-0.1, -0.05) is 0 Å². The SMILES string of the molecule is C#CCCC[Se]C[Se]CCCC#C. The van der Waals surface area contributed by atoms with Crippen molar-refractivity contribution in [2.45, 2.75) is 40.5 Å². The summed E-state index contributed by atoms with van der Waals surface area (Å²) in [5.41, 5.74) is 0. The van der Waals surface area contributed by atoms with Crippen LogP contribution in [0.4, 0.5) is 0 Å². The maximum atomic E-state index is 5.17. The first-order valence-electron chi connectivity index (χ1n) is 4.44. The molecule has 0 saturated carbocycles. The average molecular weight is 306 g/mol. The van der Waals surface area contributed by atoms with E-state index in [0.29, 0.717) is 0 Å². The van der Waals surface area contributed by atoms with E-state index in [2.05, 4.69) is 11.8 Å². The predicted octanol–water partition coefficient (Wildman–Crippen LogP) is 2.43. The van der Waals surface area contributed by atoms with Gasteiger partial charge in [0.15, 0.2) is 0 Å². The molecule has 2 heteroatoms. The van der Waals surface area contributed by atoms with Gasteiger partial charge in [0, 0.05) is 0 Å². The zero-order valence-electron chi connectivity index (χ0n) is 7.92. The third-order valence-corrected chi connectivity index (χ3v) is 8.14. The van der Waals surface area contributed by atoms with Gasteiger partial charge in [0.2, 0.25) is 0 Å². The minimum atomic E-state index is 0.854. The van der Waals surface area contributed by atoms with Gasteiger partial charge in [0.1, 0.15) is 0 Å². The topological polar surface area (TPSA) is 0 Å². The fraction of sp³-hybridized carbons (Fsp3) is 0.636. The van der Waals surface area contributed by atoms with E-state index in [1.54, 1.807) is 0 Å². The van der Waals surface area contributed by atoms with Crippen molar-refractivity contribution in [3.63, 3.8) is 0 Å². The van der Waals surface area contributed by atoms with E-state index in [0.717, 1.165) is 42.8 Å². The Balaban J connectivity index is 2.85. The van der Waals surface area contributed by atoms with Crippen LogP contribution in [0.25, 0.3) is 0 Å². The van der Waals surface area contributed by atoms with E-state index in [1.165, 1.54) is 27.7 Å². The summed E-state index contributed by atoms with van der Waals surface area (Å²) in [5.74, 6) is 5.36. The third-order valence-electron chi connectivity index (χ3n) is 1.39. The molecule has 0 unspecified atom stereocenters. The van der Waals surface area contributed by atoms with Crippen LogP contribution in [0.15, 0.2) is 0 Å². The molecule has 0 bridgehead atoms. The summed E-state index contributed by atoms with van der Waals surface area (Å²) < 4.78 is 1.47.